The van der Waals surface area contributed by atoms with Crippen molar-refractivity contribution in [2.24, 2.45) is 0 Å². The van der Waals surface area contributed by atoms with Gasteiger partial charge in [0.05, 0.1) is 25.4 Å². The van der Waals surface area contributed by atoms with Gasteiger partial charge in [-0.2, -0.15) is 4.98 Å². The Balaban J connectivity index is 1.62. The normalized spacial score (nSPS) is 34.3. The van der Waals surface area contributed by atoms with Crippen molar-refractivity contribution in [1.29, 1.82) is 0 Å². The summed E-state index contributed by atoms with van der Waals surface area (Å²) in [5.74, 6) is -6.27. The highest BCUT2D eigenvalue weighted by molar-refractivity contribution is 7.47. The van der Waals surface area contributed by atoms with Gasteiger partial charge in [-0.3, -0.25) is 18.4 Å². The third-order valence-corrected chi connectivity index (χ3v) is 7.35. The Morgan fingerprint density at radius 3 is 2.52 bits per heavy atom. The Hall–Kier alpha value is -2.63. The molecule has 0 radical (unpaired) electrons. The van der Waals surface area contributed by atoms with E-state index in [1.165, 1.54) is 6.07 Å². The maximum Gasteiger partial charge on any atom is 0.472 e. The number of hydrogen-bond acceptors (Lipinski definition) is 17. The monoisotopic (exact) mass is 630 g/mol. The molecule has 2 saturated heterocycles. The summed E-state index contributed by atoms with van der Waals surface area (Å²) in [6, 6.07) is -0.456. The first-order valence-electron chi connectivity index (χ1n) is 12.1. The van der Waals surface area contributed by atoms with Crippen LogP contribution in [0.3, 0.4) is 0 Å². The molecular formula is C20H31N4O17P. The molecule has 12 N–H and O–H groups in total. The standard InChI is InChI=1S/C20H31N4O17P/c21-10-1-2-24(19(34)22-10)17-15(31)14(30)9(40-17)6-39-42(36,37)38-5-8(27)13(29)16-12(23-11(28)4-25)7(26)3-20(35,41-16)18(32)33/h1-2,7-9,12-17,25-27,29-31,35H,3-6H2,(H,23,28)(H,32,33)(H,36,37)(H2,21,22,34)/t7-,8-,9+,12?,13-,14+,15+,16+,17+,20-/m0/s1. The third kappa shape index (κ3) is 7.65. The molecule has 2 aliphatic heterocycles. The van der Waals surface area contributed by atoms with Gasteiger partial charge in [0.25, 0.3) is 5.79 Å². The minimum atomic E-state index is -5.11. The number of hydrogen-bond donors (Lipinski definition) is 11. The molecule has 1 amide bonds. The number of aliphatic carboxylic acids is 1. The second kappa shape index (κ2) is 13.3. The van der Waals surface area contributed by atoms with Gasteiger partial charge < -0.3 is 66.3 Å². The largest absolute Gasteiger partial charge is 0.477 e. The number of aromatic nitrogens is 2. The van der Waals surface area contributed by atoms with E-state index in [1.807, 2.05) is 5.32 Å². The maximum atomic E-state index is 12.4. The predicted molar refractivity (Wildman–Crippen MR) is 130 cm³/mol. The van der Waals surface area contributed by atoms with Crippen LogP contribution in [0.4, 0.5) is 5.82 Å². The number of nitrogens with two attached hydrogens (primary N) is 1. The van der Waals surface area contributed by atoms with Crippen LogP contribution >= 0.6 is 7.82 Å². The van der Waals surface area contributed by atoms with Crippen LogP contribution in [0.25, 0.3) is 0 Å². The molecule has 1 aromatic rings. The Morgan fingerprint density at radius 2 is 1.93 bits per heavy atom. The number of nitrogen functional groups attached to an aromatic ring is 1. The van der Waals surface area contributed by atoms with Gasteiger partial charge in [-0.15, -0.1) is 0 Å². The van der Waals surface area contributed by atoms with Gasteiger partial charge in [0.1, 0.15) is 49.0 Å². The Bertz CT molecular complexity index is 1240. The molecule has 0 bridgehead atoms. The smallest absolute Gasteiger partial charge is 0.472 e. The van der Waals surface area contributed by atoms with Crippen LogP contribution < -0.4 is 16.7 Å². The van der Waals surface area contributed by atoms with Gasteiger partial charge in [0.2, 0.25) is 5.91 Å². The number of anilines is 1. The number of carboxylic acids is 1. The van der Waals surface area contributed by atoms with Crippen molar-refractivity contribution in [3.8, 4) is 0 Å². The Kier molecular flexibility index (Phi) is 10.8. The van der Waals surface area contributed by atoms with E-state index in [0.717, 1.165) is 10.8 Å². The second-order valence-corrected chi connectivity index (χ2v) is 10.9. The van der Waals surface area contributed by atoms with E-state index in [0.29, 0.717) is 0 Å². The number of carbonyl (C=O) groups is 2. The van der Waals surface area contributed by atoms with E-state index >= 15 is 0 Å². The van der Waals surface area contributed by atoms with Crippen LogP contribution in [0.1, 0.15) is 12.6 Å². The lowest BCUT2D eigenvalue weighted by molar-refractivity contribution is -0.295. The second-order valence-electron chi connectivity index (χ2n) is 9.40. The fraction of sp³-hybridized carbons (Fsp3) is 0.700. The number of nitrogens with one attached hydrogen (secondary N) is 1. The van der Waals surface area contributed by atoms with Crippen LogP contribution in [-0.4, -0.2) is 142 Å². The van der Waals surface area contributed by atoms with Crippen LogP contribution in [0.5, 0.6) is 0 Å². The van der Waals surface area contributed by atoms with E-state index in [9.17, 15) is 59.6 Å². The summed E-state index contributed by atoms with van der Waals surface area (Å²) in [6.07, 6.45) is -14.6. The van der Waals surface area contributed by atoms with E-state index < -0.39 is 112 Å². The molecule has 0 aliphatic carbocycles. The summed E-state index contributed by atoms with van der Waals surface area (Å²) >= 11 is 0. The molecule has 3 heterocycles. The van der Waals surface area contributed by atoms with E-state index in [1.54, 1.807) is 0 Å². The fourth-order valence-corrected chi connectivity index (χ4v) is 4.97. The number of amides is 1. The van der Waals surface area contributed by atoms with Gasteiger partial charge in [0.15, 0.2) is 6.23 Å². The summed E-state index contributed by atoms with van der Waals surface area (Å²) in [5.41, 5.74) is 4.48. The quantitative estimate of drug-likeness (QED) is 0.0956. The minimum absolute atomic E-state index is 0.121. The molecule has 1 aromatic heterocycles. The third-order valence-electron chi connectivity index (χ3n) is 6.39. The molecule has 2 aliphatic rings. The van der Waals surface area contributed by atoms with Crippen LogP contribution in [0, 0.1) is 0 Å². The highest BCUT2D eigenvalue weighted by atomic mass is 31.2. The van der Waals surface area contributed by atoms with E-state index in [2.05, 4.69) is 9.51 Å². The Morgan fingerprint density at radius 1 is 1.26 bits per heavy atom. The summed E-state index contributed by atoms with van der Waals surface area (Å²) in [5, 5.41) is 82.1. The van der Waals surface area contributed by atoms with Crippen LogP contribution in [0.2, 0.25) is 0 Å². The SMILES string of the molecule is Nc1ccn([C@@H]2O[C@H](COP(=O)(O)OC[C@H](O)[C@H](O)[C@@H]3O[C@](O)(C(=O)O)C[C@H](O)C3NC(=O)CO)[C@@H](O)[C@H]2O)c(=O)n1. The number of phosphoric ester groups is 1. The zero-order valence-electron chi connectivity index (χ0n) is 21.4. The first-order valence-corrected chi connectivity index (χ1v) is 13.6. The average Bonchev–Trinajstić information content (AvgIpc) is 3.20. The maximum absolute atomic E-state index is 12.4. The first-order chi connectivity index (χ1) is 19.5. The minimum Gasteiger partial charge on any atom is -0.477 e. The lowest BCUT2D eigenvalue weighted by Crippen LogP contribution is -2.67. The van der Waals surface area contributed by atoms with Gasteiger partial charge in [-0.25, -0.2) is 14.2 Å². The summed E-state index contributed by atoms with van der Waals surface area (Å²) < 4.78 is 32.8. The van der Waals surface area contributed by atoms with Crippen LogP contribution in [-0.2, 0) is 32.7 Å². The van der Waals surface area contributed by atoms with Crippen molar-refractivity contribution in [3.63, 3.8) is 0 Å². The molecule has 0 spiro atoms. The fourth-order valence-electron chi connectivity index (χ4n) is 4.21. The highest BCUT2D eigenvalue weighted by Crippen LogP contribution is 2.44. The van der Waals surface area contributed by atoms with Crippen molar-refractivity contribution >= 4 is 25.5 Å². The molecule has 11 atom stereocenters. The molecule has 0 saturated carbocycles. The van der Waals surface area contributed by atoms with Crippen LogP contribution in [0.15, 0.2) is 17.1 Å². The number of carboxylic acid groups (broad SMARTS) is 1. The first kappa shape index (κ1) is 33.9. The van der Waals surface area contributed by atoms with Crippen molar-refractivity contribution in [2.45, 2.75) is 67.2 Å². The Labute approximate surface area is 234 Å². The molecule has 238 valence electrons. The lowest BCUT2D eigenvalue weighted by Gasteiger charge is -2.44. The zero-order valence-corrected chi connectivity index (χ0v) is 22.3. The summed E-state index contributed by atoms with van der Waals surface area (Å²) in [6.45, 7) is -3.18. The van der Waals surface area contributed by atoms with Gasteiger partial charge in [-0.1, -0.05) is 0 Å². The molecule has 21 nitrogen and oxygen atoms in total. The molecule has 3 rings (SSSR count). The van der Waals surface area contributed by atoms with Gasteiger partial charge >= 0.3 is 19.5 Å². The van der Waals surface area contributed by atoms with Gasteiger partial charge in [-0.05, 0) is 6.07 Å². The number of rotatable bonds is 12. The molecule has 2 unspecified atom stereocenters. The van der Waals surface area contributed by atoms with Crippen molar-refractivity contribution in [2.75, 3.05) is 25.6 Å². The zero-order chi connectivity index (χ0) is 31.6. The average molecular weight is 630 g/mol. The van der Waals surface area contributed by atoms with Crippen molar-refractivity contribution in [1.82, 2.24) is 14.9 Å². The number of ether oxygens (including phenoxy) is 2. The van der Waals surface area contributed by atoms with E-state index in [-0.39, 0.29) is 5.82 Å². The predicted octanol–water partition coefficient (Wildman–Crippen LogP) is -6.30. The van der Waals surface area contributed by atoms with Crippen molar-refractivity contribution in [3.05, 3.63) is 22.7 Å². The molecule has 42 heavy (non-hydrogen) atoms. The van der Waals surface area contributed by atoms with E-state index in [4.69, 9.17) is 24.8 Å². The number of phosphoric acid groups is 1. The number of aliphatic hydroxyl groups excluding tert-OH is 6. The highest BCUT2D eigenvalue weighted by Gasteiger charge is 2.54. The summed E-state index contributed by atoms with van der Waals surface area (Å²) in [7, 11) is -5.11. The van der Waals surface area contributed by atoms with Crippen molar-refractivity contribution < 1.29 is 78.4 Å². The molecule has 2 fully saturated rings. The lowest BCUT2D eigenvalue weighted by atomic mass is 9.88. The molecular weight excluding hydrogens is 599 g/mol. The number of carbonyl (C=O) groups excluding carboxylic acids is 1. The number of nitrogens with zero attached hydrogens (tertiary/aromatic N) is 2. The topological polar surface area (TPSA) is 343 Å². The number of aliphatic hydroxyl groups is 7. The summed E-state index contributed by atoms with van der Waals surface area (Å²) in [4.78, 5) is 48.5. The van der Waals surface area contributed by atoms with Gasteiger partial charge in [0, 0.05) is 12.6 Å². The molecule has 22 heteroatoms. The molecule has 0 aromatic carbocycles.